The summed E-state index contributed by atoms with van der Waals surface area (Å²) in [5, 5.41) is 5.11. The molecule has 0 heterocycles. The summed E-state index contributed by atoms with van der Waals surface area (Å²) in [7, 11) is -0.886. The normalized spacial score (nSPS) is 11.3. The molecule has 0 bridgehead atoms. The first-order valence-corrected chi connectivity index (χ1v) is 7.94. The molecule has 0 aliphatic carbocycles. The molecule has 0 atom stereocenters. The highest BCUT2D eigenvalue weighted by Gasteiger charge is 2.19. The van der Waals surface area contributed by atoms with Crippen molar-refractivity contribution in [3.8, 4) is 0 Å². The lowest BCUT2D eigenvalue weighted by Gasteiger charge is -2.13. The monoisotopic (exact) mass is 328 g/mol. The summed E-state index contributed by atoms with van der Waals surface area (Å²) in [6.45, 7) is 1.88. The van der Waals surface area contributed by atoms with E-state index < -0.39 is 15.9 Å². The summed E-state index contributed by atoms with van der Waals surface area (Å²) >= 11 is 0. The Labute approximate surface area is 129 Å². The molecule has 0 unspecified atom stereocenters. The molecule has 0 spiro atoms. The number of hydrogen-bond acceptors (Lipinski definition) is 5. The molecule has 8 nitrogen and oxygen atoms in total. The first-order chi connectivity index (χ1) is 10.1. The standard InChI is InChI=1S/C13H20N4O4S/c1-9(18)15-4-5-16-13(19)10-6-11(14)8-12(7-10)22(20,21)17(2)3/h6-8H,4-5,14H2,1-3H3,(H,15,18)(H,16,19). The van der Waals surface area contributed by atoms with Crippen LogP contribution < -0.4 is 16.4 Å². The Bertz CT molecular complexity index is 671. The lowest BCUT2D eigenvalue weighted by molar-refractivity contribution is -0.118. The number of nitrogens with zero attached hydrogens (tertiary/aromatic N) is 1. The average molecular weight is 328 g/mol. The zero-order chi connectivity index (χ0) is 16.9. The van der Waals surface area contributed by atoms with Crippen molar-refractivity contribution in [2.45, 2.75) is 11.8 Å². The quantitative estimate of drug-likeness (QED) is 0.475. The van der Waals surface area contributed by atoms with E-state index in [0.717, 1.165) is 4.31 Å². The number of benzene rings is 1. The van der Waals surface area contributed by atoms with E-state index in [1.165, 1.54) is 39.2 Å². The predicted octanol–water partition coefficient (Wildman–Crippen LogP) is -0.615. The Morgan fingerprint density at radius 1 is 1.14 bits per heavy atom. The van der Waals surface area contributed by atoms with E-state index in [4.69, 9.17) is 5.73 Å². The fourth-order valence-corrected chi connectivity index (χ4v) is 2.61. The molecule has 1 rings (SSSR count). The van der Waals surface area contributed by atoms with Gasteiger partial charge in [0.25, 0.3) is 5.91 Å². The molecule has 0 radical (unpaired) electrons. The van der Waals surface area contributed by atoms with E-state index in [1.54, 1.807) is 0 Å². The van der Waals surface area contributed by atoms with Crippen LogP contribution in [0.5, 0.6) is 0 Å². The van der Waals surface area contributed by atoms with E-state index in [-0.39, 0.29) is 35.1 Å². The number of hydrogen-bond donors (Lipinski definition) is 3. The van der Waals surface area contributed by atoms with Crippen LogP contribution in [-0.4, -0.2) is 51.7 Å². The van der Waals surface area contributed by atoms with Crippen LogP contribution in [0.15, 0.2) is 23.1 Å². The van der Waals surface area contributed by atoms with Crippen molar-refractivity contribution >= 4 is 27.5 Å². The van der Waals surface area contributed by atoms with Crippen LogP contribution in [0.4, 0.5) is 5.69 Å². The number of nitrogen functional groups attached to an aromatic ring is 1. The molecule has 0 aliphatic heterocycles. The minimum absolute atomic E-state index is 0.0514. The second kappa shape index (κ2) is 7.23. The molecule has 122 valence electrons. The Kier molecular flexibility index (Phi) is 5.89. The van der Waals surface area contributed by atoms with Gasteiger partial charge in [0, 0.05) is 45.4 Å². The third kappa shape index (κ3) is 4.71. The van der Waals surface area contributed by atoms with Crippen LogP contribution in [0, 0.1) is 0 Å². The number of rotatable bonds is 6. The number of carbonyl (C=O) groups is 2. The third-order valence-corrected chi connectivity index (χ3v) is 4.55. The third-order valence-electron chi connectivity index (χ3n) is 2.75. The molecule has 4 N–H and O–H groups in total. The molecule has 0 fully saturated rings. The summed E-state index contributed by atoms with van der Waals surface area (Å²) < 4.78 is 25.2. The maximum Gasteiger partial charge on any atom is 0.251 e. The minimum atomic E-state index is -3.68. The van der Waals surface area contributed by atoms with Gasteiger partial charge in [-0.1, -0.05) is 0 Å². The summed E-state index contributed by atoms with van der Waals surface area (Å²) in [4.78, 5) is 22.7. The second-order valence-corrected chi connectivity index (χ2v) is 6.97. The van der Waals surface area contributed by atoms with Gasteiger partial charge in [-0.15, -0.1) is 0 Å². The Hall–Kier alpha value is -2.13. The summed E-state index contributed by atoms with van der Waals surface area (Å²) in [6.07, 6.45) is 0. The van der Waals surface area contributed by atoms with Gasteiger partial charge in [0.15, 0.2) is 0 Å². The summed E-state index contributed by atoms with van der Waals surface area (Å²) in [5.74, 6) is -0.662. The molecule has 0 aliphatic rings. The van der Waals surface area contributed by atoms with E-state index in [1.807, 2.05) is 0 Å². The van der Waals surface area contributed by atoms with Crippen molar-refractivity contribution in [3.05, 3.63) is 23.8 Å². The lowest BCUT2D eigenvalue weighted by Crippen LogP contribution is -2.33. The maximum absolute atomic E-state index is 12.1. The fraction of sp³-hybridized carbons (Fsp3) is 0.385. The first-order valence-electron chi connectivity index (χ1n) is 6.50. The van der Waals surface area contributed by atoms with Crippen molar-refractivity contribution in [3.63, 3.8) is 0 Å². The van der Waals surface area contributed by atoms with Gasteiger partial charge in [-0.2, -0.15) is 0 Å². The SMILES string of the molecule is CC(=O)NCCNC(=O)c1cc(N)cc(S(=O)(=O)N(C)C)c1. The van der Waals surface area contributed by atoms with Crippen LogP contribution in [0.25, 0.3) is 0 Å². The van der Waals surface area contributed by atoms with Gasteiger partial charge in [0.1, 0.15) is 0 Å². The van der Waals surface area contributed by atoms with Crippen molar-refractivity contribution in [1.29, 1.82) is 0 Å². The number of anilines is 1. The van der Waals surface area contributed by atoms with E-state index in [9.17, 15) is 18.0 Å². The highest BCUT2D eigenvalue weighted by Crippen LogP contribution is 2.19. The Morgan fingerprint density at radius 3 is 2.27 bits per heavy atom. The van der Waals surface area contributed by atoms with Crippen LogP contribution in [0.2, 0.25) is 0 Å². The molecule has 22 heavy (non-hydrogen) atoms. The van der Waals surface area contributed by atoms with Gasteiger partial charge in [0.05, 0.1) is 4.90 Å². The molecular formula is C13H20N4O4S. The van der Waals surface area contributed by atoms with Gasteiger partial charge in [-0.25, -0.2) is 12.7 Å². The summed E-state index contributed by atoms with van der Waals surface area (Å²) in [6, 6.07) is 3.95. The highest BCUT2D eigenvalue weighted by molar-refractivity contribution is 7.89. The fourth-order valence-electron chi connectivity index (χ4n) is 1.63. The highest BCUT2D eigenvalue weighted by atomic mass is 32.2. The molecule has 2 amide bonds. The smallest absolute Gasteiger partial charge is 0.251 e. The molecule has 9 heteroatoms. The minimum Gasteiger partial charge on any atom is -0.399 e. The molecule has 1 aromatic rings. The topological polar surface area (TPSA) is 122 Å². The van der Waals surface area contributed by atoms with Gasteiger partial charge in [0.2, 0.25) is 15.9 Å². The zero-order valence-electron chi connectivity index (χ0n) is 12.7. The Balaban J connectivity index is 2.90. The number of carbonyl (C=O) groups excluding carboxylic acids is 2. The van der Waals surface area contributed by atoms with Gasteiger partial charge in [-0.3, -0.25) is 9.59 Å². The second-order valence-electron chi connectivity index (χ2n) is 4.82. The number of sulfonamides is 1. The van der Waals surface area contributed by atoms with Crippen LogP contribution in [0.1, 0.15) is 17.3 Å². The maximum atomic E-state index is 12.1. The van der Waals surface area contributed by atoms with Gasteiger partial charge in [-0.05, 0) is 18.2 Å². The molecule has 0 saturated carbocycles. The number of nitrogens with one attached hydrogen (secondary N) is 2. The first kappa shape index (κ1) is 17.9. The predicted molar refractivity (Wildman–Crippen MR) is 82.7 cm³/mol. The van der Waals surface area contributed by atoms with Crippen LogP contribution in [0.3, 0.4) is 0 Å². The van der Waals surface area contributed by atoms with Gasteiger partial charge < -0.3 is 16.4 Å². The average Bonchev–Trinajstić information content (AvgIpc) is 2.42. The van der Waals surface area contributed by atoms with E-state index in [0.29, 0.717) is 0 Å². The van der Waals surface area contributed by atoms with Crippen molar-refractivity contribution < 1.29 is 18.0 Å². The van der Waals surface area contributed by atoms with Crippen LogP contribution >= 0.6 is 0 Å². The largest absolute Gasteiger partial charge is 0.399 e. The lowest BCUT2D eigenvalue weighted by atomic mass is 10.2. The zero-order valence-corrected chi connectivity index (χ0v) is 13.5. The molecule has 0 saturated heterocycles. The molecule has 1 aromatic carbocycles. The van der Waals surface area contributed by atoms with Gasteiger partial charge >= 0.3 is 0 Å². The molecule has 0 aromatic heterocycles. The van der Waals surface area contributed by atoms with Crippen LogP contribution in [-0.2, 0) is 14.8 Å². The van der Waals surface area contributed by atoms with Crippen molar-refractivity contribution in [1.82, 2.24) is 14.9 Å². The molecular weight excluding hydrogens is 308 g/mol. The number of amides is 2. The summed E-state index contributed by atoms with van der Waals surface area (Å²) in [5.41, 5.74) is 5.99. The van der Waals surface area contributed by atoms with Crippen molar-refractivity contribution in [2.75, 3.05) is 32.9 Å². The Morgan fingerprint density at radius 2 is 1.73 bits per heavy atom. The van der Waals surface area contributed by atoms with E-state index in [2.05, 4.69) is 10.6 Å². The van der Waals surface area contributed by atoms with E-state index >= 15 is 0 Å². The number of nitrogens with two attached hydrogens (primary N) is 1. The van der Waals surface area contributed by atoms with Crippen molar-refractivity contribution in [2.24, 2.45) is 0 Å².